The molecule has 156 valence electrons. The summed E-state index contributed by atoms with van der Waals surface area (Å²) in [7, 11) is -2.28. The van der Waals surface area contributed by atoms with Gasteiger partial charge >= 0.3 is 0 Å². The topological polar surface area (TPSA) is 102 Å². The Bertz CT molecular complexity index is 971. The number of methoxy groups -OCH3 is 1. The van der Waals surface area contributed by atoms with Crippen LogP contribution in [0.25, 0.3) is 0 Å². The molecule has 29 heavy (non-hydrogen) atoms. The Morgan fingerprint density at radius 1 is 1.10 bits per heavy atom. The summed E-state index contributed by atoms with van der Waals surface area (Å²) in [5, 5.41) is 2.60. The first-order valence-electron chi connectivity index (χ1n) is 9.02. The van der Waals surface area contributed by atoms with E-state index >= 15 is 0 Å². The molecule has 0 saturated heterocycles. The number of benzene rings is 2. The van der Waals surface area contributed by atoms with Gasteiger partial charge in [0, 0.05) is 13.1 Å². The van der Waals surface area contributed by atoms with Gasteiger partial charge in [0.2, 0.25) is 10.0 Å². The number of sulfonamides is 1. The van der Waals surface area contributed by atoms with Crippen molar-refractivity contribution in [3.63, 3.8) is 0 Å². The highest BCUT2D eigenvalue weighted by atomic mass is 32.2. The smallest absolute Gasteiger partial charge is 0.262 e. The zero-order valence-corrected chi connectivity index (χ0v) is 17.4. The largest absolute Gasteiger partial charge is 0.495 e. The molecule has 0 fully saturated rings. The van der Waals surface area contributed by atoms with Crippen molar-refractivity contribution in [2.75, 3.05) is 32.1 Å². The summed E-state index contributed by atoms with van der Waals surface area (Å²) in [4.78, 5) is 23.4. The maximum Gasteiger partial charge on any atom is 0.262 e. The third-order valence-electron chi connectivity index (χ3n) is 4.19. The standard InChI is InChI=1S/C20H24N2O6S/c1-4-22(5-2)29(25,26)16-10-11-19(27-3)17(12-16)21-20(24)14-28-18-9-7-6-8-15(18)13-23/h6-13H,4-5,14H2,1-3H3,(H,21,24). The van der Waals surface area contributed by atoms with Crippen LogP contribution in [0.3, 0.4) is 0 Å². The summed E-state index contributed by atoms with van der Waals surface area (Å²) in [5.41, 5.74) is 0.531. The van der Waals surface area contributed by atoms with E-state index in [0.717, 1.165) is 0 Å². The van der Waals surface area contributed by atoms with Crippen molar-refractivity contribution in [3.05, 3.63) is 48.0 Å². The van der Waals surface area contributed by atoms with Gasteiger partial charge in [0.05, 0.1) is 23.3 Å². The molecule has 1 amide bonds. The molecule has 0 spiro atoms. The van der Waals surface area contributed by atoms with Crippen LogP contribution in [0, 0.1) is 0 Å². The van der Waals surface area contributed by atoms with Crippen LogP contribution in [0.15, 0.2) is 47.4 Å². The molecule has 0 aliphatic heterocycles. The molecule has 2 aromatic rings. The summed E-state index contributed by atoms with van der Waals surface area (Å²) in [6.45, 7) is 3.80. The van der Waals surface area contributed by atoms with E-state index in [2.05, 4.69) is 5.32 Å². The Labute approximate surface area is 170 Å². The number of nitrogens with one attached hydrogen (secondary N) is 1. The first-order chi connectivity index (χ1) is 13.9. The van der Waals surface area contributed by atoms with Crippen LogP contribution in [0.1, 0.15) is 24.2 Å². The summed E-state index contributed by atoms with van der Waals surface area (Å²) in [5.74, 6) is 0.0639. The molecule has 0 aliphatic carbocycles. The number of anilines is 1. The van der Waals surface area contributed by atoms with Gasteiger partial charge in [0.15, 0.2) is 12.9 Å². The summed E-state index contributed by atoms with van der Waals surface area (Å²) < 4.78 is 37.4. The quantitative estimate of drug-likeness (QED) is 0.593. The number of hydrogen-bond acceptors (Lipinski definition) is 6. The van der Waals surface area contributed by atoms with Gasteiger partial charge in [-0.1, -0.05) is 26.0 Å². The number of carbonyl (C=O) groups is 2. The lowest BCUT2D eigenvalue weighted by molar-refractivity contribution is -0.118. The van der Waals surface area contributed by atoms with Gasteiger partial charge in [-0.3, -0.25) is 9.59 Å². The maximum atomic E-state index is 12.7. The normalized spacial score (nSPS) is 11.2. The SMILES string of the molecule is CCN(CC)S(=O)(=O)c1ccc(OC)c(NC(=O)COc2ccccc2C=O)c1. The fourth-order valence-electron chi connectivity index (χ4n) is 2.70. The average Bonchev–Trinajstić information content (AvgIpc) is 2.73. The molecule has 1 N–H and O–H groups in total. The number of para-hydroxylation sites is 1. The monoisotopic (exact) mass is 420 g/mol. The molecule has 0 heterocycles. The zero-order chi connectivity index (χ0) is 21.4. The second-order valence-electron chi connectivity index (χ2n) is 5.94. The second-order valence-corrected chi connectivity index (χ2v) is 7.88. The third kappa shape index (κ3) is 5.33. The van der Waals surface area contributed by atoms with E-state index in [-0.39, 0.29) is 22.9 Å². The van der Waals surface area contributed by atoms with Crippen LogP contribution in [0.5, 0.6) is 11.5 Å². The van der Waals surface area contributed by atoms with E-state index in [0.29, 0.717) is 30.7 Å². The van der Waals surface area contributed by atoms with Gasteiger partial charge in [-0.2, -0.15) is 4.31 Å². The van der Waals surface area contributed by atoms with Gasteiger partial charge in [0.1, 0.15) is 11.5 Å². The summed E-state index contributed by atoms with van der Waals surface area (Å²) in [6.07, 6.45) is 0.637. The Morgan fingerprint density at radius 2 is 1.79 bits per heavy atom. The van der Waals surface area contributed by atoms with Crippen LogP contribution in [0.2, 0.25) is 0 Å². The molecular weight excluding hydrogens is 396 g/mol. The van der Waals surface area contributed by atoms with E-state index < -0.39 is 15.9 Å². The van der Waals surface area contributed by atoms with Crippen molar-refractivity contribution >= 4 is 27.9 Å². The number of aldehydes is 1. The highest BCUT2D eigenvalue weighted by Crippen LogP contribution is 2.29. The molecule has 0 aromatic heterocycles. The van der Waals surface area contributed by atoms with E-state index in [1.54, 1.807) is 38.1 Å². The highest BCUT2D eigenvalue weighted by molar-refractivity contribution is 7.89. The molecule has 0 saturated carbocycles. The van der Waals surface area contributed by atoms with Crippen LogP contribution in [0.4, 0.5) is 5.69 Å². The maximum absolute atomic E-state index is 12.7. The first kappa shape index (κ1) is 22.4. The van der Waals surface area contributed by atoms with Crippen LogP contribution in [-0.2, 0) is 14.8 Å². The van der Waals surface area contributed by atoms with E-state index in [9.17, 15) is 18.0 Å². The fourth-order valence-corrected chi connectivity index (χ4v) is 4.18. The van der Waals surface area contributed by atoms with Crippen molar-refractivity contribution in [3.8, 4) is 11.5 Å². The highest BCUT2D eigenvalue weighted by Gasteiger charge is 2.23. The minimum absolute atomic E-state index is 0.0459. The predicted octanol–water partition coefficient (Wildman–Crippen LogP) is 2.56. The molecule has 8 nitrogen and oxygen atoms in total. The van der Waals surface area contributed by atoms with Crippen molar-refractivity contribution in [2.45, 2.75) is 18.7 Å². The van der Waals surface area contributed by atoms with Crippen molar-refractivity contribution in [2.24, 2.45) is 0 Å². The average molecular weight is 420 g/mol. The minimum Gasteiger partial charge on any atom is -0.495 e. The molecule has 0 atom stereocenters. The van der Waals surface area contributed by atoms with E-state index in [4.69, 9.17) is 9.47 Å². The van der Waals surface area contributed by atoms with Crippen LogP contribution >= 0.6 is 0 Å². The Kier molecular flexibility index (Phi) is 7.74. The molecular formula is C20H24N2O6S. The molecule has 0 unspecified atom stereocenters. The van der Waals surface area contributed by atoms with Crippen molar-refractivity contribution in [1.29, 1.82) is 0 Å². The van der Waals surface area contributed by atoms with Gasteiger partial charge in [-0.15, -0.1) is 0 Å². The molecule has 2 rings (SSSR count). The number of amides is 1. The number of nitrogens with zero attached hydrogens (tertiary/aromatic N) is 1. The van der Waals surface area contributed by atoms with Gasteiger partial charge in [-0.25, -0.2) is 8.42 Å². The summed E-state index contributed by atoms with van der Waals surface area (Å²) >= 11 is 0. The van der Waals surface area contributed by atoms with Gasteiger partial charge < -0.3 is 14.8 Å². The minimum atomic E-state index is -3.69. The zero-order valence-electron chi connectivity index (χ0n) is 16.5. The van der Waals surface area contributed by atoms with E-state index in [1.165, 1.54) is 29.6 Å². The summed E-state index contributed by atoms with van der Waals surface area (Å²) in [6, 6.07) is 10.8. The molecule has 9 heteroatoms. The first-order valence-corrected chi connectivity index (χ1v) is 10.5. The Balaban J connectivity index is 2.20. The number of ether oxygens (including phenoxy) is 2. The molecule has 0 bridgehead atoms. The van der Waals surface area contributed by atoms with Crippen LogP contribution < -0.4 is 14.8 Å². The third-order valence-corrected chi connectivity index (χ3v) is 6.24. The van der Waals surface area contributed by atoms with E-state index in [1.807, 2.05) is 0 Å². The van der Waals surface area contributed by atoms with Crippen molar-refractivity contribution < 1.29 is 27.5 Å². The Morgan fingerprint density at radius 3 is 2.41 bits per heavy atom. The lowest BCUT2D eigenvalue weighted by Crippen LogP contribution is -2.30. The Hall–Kier alpha value is -2.91. The lowest BCUT2D eigenvalue weighted by Gasteiger charge is -2.19. The molecule has 0 aliphatic rings. The fraction of sp³-hybridized carbons (Fsp3) is 0.300. The predicted molar refractivity (Wildman–Crippen MR) is 109 cm³/mol. The number of hydrogen-bond donors (Lipinski definition) is 1. The number of carbonyl (C=O) groups excluding carboxylic acids is 2. The lowest BCUT2D eigenvalue weighted by atomic mass is 10.2. The molecule has 0 radical (unpaired) electrons. The number of rotatable bonds is 10. The van der Waals surface area contributed by atoms with Gasteiger partial charge in [-0.05, 0) is 30.3 Å². The molecule has 2 aromatic carbocycles. The second kappa shape index (κ2) is 10.0. The van der Waals surface area contributed by atoms with Gasteiger partial charge in [0.25, 0.3) is 5.91 Å². The van der Waals surface area contributed by atoms with Crippen LogP contribution in [-0.4, -0.2) is 51.7 Å². The van der Waals surface area contributed by atoms with Crippen molar-refractivity contribution in [1.82, 2.24) is 4.31 Å².